The van der Waals surface area contributed by atoms with Gasteiger partial charge in [0.1, 0.15) is 0 Å². The van der Waals surface area contributed by atoms with E-state index in [1.54, 1.807) is 0 Å². The Hall–Kier alpha value is -0.0800. The fourth-order valence-corrected chi connectivity index (χ4v) is 3.08. The molecule has 1 aliphatic rings. The predicted octanol–water partition coefficient (Wildman–Crippen LogP) is 3.12. The molecule has 0 radical (unpaired) electrons. The van der Waals surface area contributed by atoms with Crippen LogP contribution in [0.4, 0.5) is 0 Å². The summed E-state index contributed by atoms with van der Waals surface area (Å²) in [5.41, 5.74) is 6.78. The SMILES string of the molecule is CC(C)CN(CC(C)C)C1CCC(C)(C)C1N. The van der Waals surface area contributed by atoms with Gasteiger partial charge in [-0.3, -0.25) is 4.90 Å². The fraction of sp³-hybridized carbons (Fsp3) is 1.00. The largest absolute Gasteiger partial charge is 0.326 e. The highest BCUT2D eigenvalue weighted by Crippen LogP contribution is 2.38. The van der Waals surface area contributed by atoms with Crippen LogP contribution in [-0.4, -0.2) is 30.1 Å². The molecule has 0 amide bonds. The summed E-state index contributed by atoms with van der Waals surface area (Å²) in [4.78, 5) is 2.65. The summed E-state index contributed by atoms with van der Waals surface area (Å²) in [6.07, 6.45) is 2.54. The van der Waals surface area contributed by atoms with Crippen LogP contribution >= 0.6 is 0 Å². The molecule has 0 saturated heterocycles. The van der Waals surface area contributed by atoms with E-state index in [0.29, 0.717) is 17.5 Å². The lowest BCUT2D eigenvalue weighted by Gasteiger charge is -2.37. The van der Waals surface area contributed by atoms with E-state index >= 15 is 0 Å². The molecule has 0 aromatic rings. The lowest BCUT2D eigenvalue weighted by molar-refractivity contribution is 0.133. The molecule has 0 aliphatic heterocycles. The summed E-state index contributed by atoms with van der Waals surface area (Å²) in [6, 6.07) is 0.926. The van der Waals surface area contributed by atoms with Crippen LogP contribution in [0.25, 0.3) is 0 Å². The zero-order chi connectivity index (χ0) is 13.2. The summed E-state index contributed by atoms with van der Waals surface area (Å²) in [5.74, 6) is 1.45. The third-order valence-electron chi connectivity index (χ3n) is 4.07. The quantitative estimate of drug-likeness (QED) is 0.800. The van der Waals surface area contributed by atoms with Crippen molar-refractivity contribution in [3.05, 3.63) is 0 Å². The second-order valence-electron chi connectivity index (χ2n) is 7.36. The maximum absolute atomic E-state index is 6.47. The Labute approximate surface area is 108 Å². The number of nitrogens with zero attached hydrogens (tertiary/aromatic N) is 1. The van der Waals surface area contributed by atoms with Gasteiger partial charge in [-0.1, -0.05) is 41.5 Å². The van der Waals surface area contributed by atoms with Gasteiger partial charge in [0.05, 0.1) is 0 Å². The van der Waals surface area contributed by atoms with Crippen LogP contribution in [0.5, 0.6) is 0 Å². The van der Waals surface area contributed by atoms with Gasteiger partial charge >= 0.3 is 0 Å². The molecule has 1 rings (SSSR count). The topological polar surface area (TPSA) is 29.3 Å². The molecule has 0 aromatic carbocycles. The molecule has 1 saturated carbocycles. The average Bonchev–Trinajstić information content (AvgIpc) is 2.39. The van der Waals surface area contributed by atoms with E-state index in [1.807, 2.05) is 0 Å². The molecule has 2 nitrogen and oxygen atoms in total. The van der Waals surface area contributed by atoms with E-state index in [9.17, 15) is 0 Å². The molecule has 1 aliphatic carbocycles. The first-order chi connectivity index (χ1) is 7.74. The average molecular weight is 240 g/mol. The zero-order valence-electron chi connectivity index (χ0n) is 12.7. The number of hydrogen-bond acceptors (Lipinski definition) is 2. The summed E-state index contributed by atoms with van der Waals surface area (Å²) in [7, 11) is 0. The van der Waals surface area contributed by atoms with Crippen molar-refractivity contribution in [3.63, 3.8) is 0 Å². The van der Waals surface area contributed by atoms with Gasteiger partial charge in [-0.05, 0) is 30.1 Å². The van der Waals surface area contributed by atoms with Gasteiger partial charge in [0.25, 0.3) is 0 Å². The minimum Gasteiger partial charge on any atom is -0.326 e. The smallest absolute Gasteiger partial charge is 0.0252 e. The Bertz CT molecular complexity index is 223. The third kappa shape index (κ3) is 3.96. The van der Waals surface area contributed by atoms with Crippen LogP contribution in [0.15, 0.2) is 0 Å². The van der Waals surface area contributed by atoms with Crippen molar-refractivity contribution in [1.82, 2.24) is 4.90 Å². The first kappa shape index (κ1) is 15.0. The summed E-state index contributed by atoms with van der Waals surface area (Å²) in [5, 5.41) is 0. The first-order valence-corrected chi connectivity index (χ1v) is 7.23. The Morgan fingerprint density at radius 3 is 1.88 bits per heavy atom. The van der Waals surface area contributed by atoms with Crippen molar-refractivity contribution in [2.45, 2.75) is 66.5 Å². The van der Waals surface area contributed by atoms with Gasteiger partial charge in [0, 0.05) is 25.2 Å². The second-order valence-corrected chi connectivity index (χ2v) is 7.36. The summed E-state index contributed by atoms with van der Waals surface area (Å²) >= 11 is 0. The van der Waals surface area contributed by atoms with E-state index in [2.05, 4.69) is 46.4 Å². The van der Waals surface area contributed by atoms with Crippen LogP contribution in [0, 0.1) is 17.3 Å². The lowest BCUT2D eigenvalue weighted by atomic mass is 9.87. The molecule has 2 heteroatoms. The molecule has 17 heavy (non-hydrogen) atoms. The standard InChI is InChI=1S/C15H32N2/c1-11(2)9-17(10-12(3)4)13-7-8-15(5,6)14(13)16/h11-14H,7-10,16H2,1-6H3. The molecule has 2 unspecified atom stereocenters. The van der Waals surface area contributed by atoms with Crippen LogP contribution in [-0.2, 0) is 0 Å². The predicted molar refractivity (Wildman–Crippen MR) is 76.0 cm³/mol. The van der Waals surface area contributed by atoms with Crippen molar-refractivity contribution in [2.24, 2.45) is 23.0 Å². The fourth-order valence-electron chi connectivity index (χ4n) is 3.08. The van der Waals surface area contributed by atoms with Crippen LogP contribution in [0.2, 0.25) is 0 Å². The highest BCUT2D eigenvalue weighted by Gasteiger charge is 2.42. The third-order valence-corrected chi connectivity index (χ3v) is 4.07. The molecule has 2 atom stereocenters. The maximum atomic E-state index is 6.47. The Morgan fingerprint density at radius 2 is 1.59 bits per heavy atom. The van der Waals surface area contributed by atoms with Crippen molar-refractivity contribution in [2.75, 3.05) is 13.1 Å². The first-order valence-electron chi connectivity index (χ1n) is 7.23. The second kappa shape index (κ2) is 5.71. The van der Waals surface area contributed by atoms with Gasteiger partial charge in [-0.2, -0.15) is 0 Å². The molecule has 0 bridgehead atoms. The van der Waals surface area contributed by atoms with E-state index in [4.69, 9.17) is 5.73 Å². The molecule has 2 N–H and O–H groups in total. The normalized spacial score (nSPS) is 28.6. The Morgan fingerprint density at radius 1 is 1.12 bits per heavy atom. The van der Waals surface area contributed by atoms with Crippen molar-refractivity contribution in [1.29, 1.82) is 0 Å². The molecule has 0 spiro atoms. The molecule has 1 fully saturated rings. The van der Waals surface area contributed by atoms with Gasteiger partial charge in [0.15, 0.2) is 0 Å². The summed E-state index contributed by atoms with van der Waals surface area (Å²) in [6.45, 7) is 16.2. The highest BCUT2D eigenvalue weighted by atomic mass is 15.2. The van der Waals surface area contributed by atoms with Crippen LogP contribution < -0.4 is 5.73 Å². The van der Waals surface area contributed by atoms with E-state index in [0.717, 1.165) is 11.8 Å². The number of hydrogen-bond donors (Lipinski definition) is 1. The minimum atomic E-state index is 0.316. The summed E-state index contributed by atoms with van der Waals surface area (Å²) < 4.78 is 0. The Kier molecular flexibility index (Phi) is 5.03. The minimum absolute atomic E-state index is 0.316. The van der Waals surface area contributed by atoms with Crippen LogP contribution in [0.1, 0.15) is 54.4 Å². The van der Waals surface area contributed by atoms with Gasteiger partial charge < -0.3 is 5.73 Å². The van der Waals surface area contributed by atoms with Crippen LogP contribution in [0.3, 0.4) is 0 Å². The van der Waals surface area contributed by atoms with Crippen molar-refractivity contribution in [3.8, 4) is 0 Å². The molecular formula is C15H32N2. The van der Waals surface area contributed by atoms with Gasteiger partial charge in [0.2, 0.25) is 0 Å². The van der Waals surface area contributed by atoms with Gasteiger partial charge in [-0.25, -0.2) is 0 Å². The molecule has 102 valence electrons. The lowest BCUT2D eigenvalue weighted by Crippen LogP contribution is -2.51. The van der Waals surface area contributed by atoms with Crippen molar-refractivity contribution < 1.29 is 0 Å². The van der Waals surface area contributed by atoms with E-state index in [1.165, 1.54) is 25.9 Å². The number of rotatable bonds is 5. The Balaban J connectivity index is 2.70. The monoisotopic (exact) mass is 240 g/mol. The number of nitrogens with two attached hydrogens (primary N) is 1. The molecule has 0 heterocycles. The van der Waals surface area contributed by atoms with E-state index < -0.39 is 0 Å². The van der Waals surface area contributed by atoms with Crippen molar-refractivity contribution >= 4 is 0 Å². The highest BCUT2D eigenvalue weighted by molar-refractivity contribution is 4.99. The van der Waals surface area contributed by atoms with Gasteiger partial charge in [-0.15, -0.1) is 0 Å². The molecule has 0 aromatic heterocycles. The zero-order valence-corrected chi connectivity index (χ0v) is 12.7. The van der Waals surface area contributed by atoms with E-state index in [-0.39, 0.29) is 0 Å². The maximum Gasteiger partial charge on any atom is 0.0252 e. The molecular weight excluding hydrogens is 208 g/mol.